The van der Waals surface area contributed by atoms with Gasteiger partial charge in [0.15, 0.2) is 5.65 Å². The van der Waals surface area contributed by atoms with Crippen molar-refractivity contribution in [3.8, 4) is 11.4 Å². The quantitative estimate of drug-likeness (QED) is 0.394. The van der Waals surface area contributed by atoms with Gasteiger partial charge in [0.1, 0.15) is 11.3 Å². The third kappa shape index (κ3) is 4.80. The highest BCUT2D eigenvalue weighted by molar-refractivity contribution is 9.10. The molecule has 0 spiro atoms. The second kappa shape index (κ2) is 9.85. The van der Waals surface area contributed by atoms with Crippen LogP contribution >= 0.6 is 27.3 Å². The number of halogens is 1. The SMILES string of the molecule is Cc1nc(CN2CCN(c3c(Br)cnc4nc(-c5ccc(N6CCOCC6)cc5)[nH]c34)CC2)cs1. The average molecular weight is 555 g/mol. The molecule has 0 bridgehead atoms. The molecule has 0 aliphatic carbocycles. The Hall–Kier alpha value is -2.53. The summed E-state index contributed by atoms with van der Waals surface area (Å²) in [5, 5.41) is 3.30. The summed E-state index contributed by atoms with van der Waals surface area (Å²) in [5.41, 5.74) is 6.33. The van der Waals surface area contributed by atoms with Gasteiger partial charge < -0.3 is 19.5 Å². The molecule has 3 aromatic heterocycles. The van der Waals surface area contributed by atoms with Crippen molar-refractivity contribution in [1.82, 2.24) is 24.8 Å². The van der Waals surface area contributed by atoms with Crippen molar-refractivity contribution in [3.05, 3.63) is 51.0 Å². The van der Waals surface area contributed by atoms with E-state index in [2.05, 4.69) is 82.2 Å². The van der Waals surface area contributed by atoms with E-state index in [1.165, 1.54) is 11.4 Å². The maximum Gasteiger partial charge on any atom is 0.180 e. The Morgan fingerprint density at radius 2 is 1.77 bits per heavy atom. The lowest BCUT2D eigenvalue weighted by molar-refractivity contribution is 0.122. The molecule has 5 heterocycles. The van der Waals surface area contributed by atoms with Gasteiger partial charge in [0.25, 0.3) is 0 Å². The van der Waals surface area contributed by atoms with Gasteiger partial charge in [0.2, 0.25) is 0 Å². The lowest BCUT2D eigenvalue weighted by Gasteiger charge is -2.36. The number of thiazole rings is 1. The summed E-state index contributed by atoms with van der Waals surface area (Å²) in [5.74, 6) is 0.845. The molecule has 0 unspecified atom stereocenters. The summed E-state index contributed by atoms with van der Waals surface area (Å²) < 4.78 is 6.47. The van der Waals surface area contributed by atoms with Crippen LogP contribution in [0.1, 0.15) is 10.7 Å². The van der Waals surface area contributed by atoms with Crippen molar-refractivity contribution in [2.24, 2.45) is 0 Å². The Labute approximate surface area is 217 Å². The van der Waals surface area contributed by atoms with Gasteiger partial charge in [-0.25, -0.2) is 15.0 Å². The van der Waals surface area contributed by atoms with Gasteiger partial charge in [-0.05, 0) is 47.1 Å². The fraction of sp³-hybridized carbons (Fsp3) is 0.400. The molecule has 2 aliphatic heterocycles. The number of imidazole rings is 1. The van der Waals surface area contributed by atoms with Gasteiger partial charge in [-0.1, -0.05) is 0 Å². The van der Waals surface area contributed by atoms with Crippen LogP contribution in [0.25, 0.3) is 22.6 Å². The monoisotopic (exact) mass is 553 g/mol. The number of H-pyrrole nitrogens is 1. The number of aromatic amines is 1. The van der Waals surface area contributed by atoms with E-state index < -0.39 is 0 Å². The van der Waals surface area contributed by atoms with Crippen molar-refractivity contribution in [1.29, 1.82) is 0 Å². The zero-order valence-corrected chi connectivity index (χ0v) is 22.1. The van der Waals surface area contributed by atoms with Crippen LogP contribution in [0.5, 0.6) is 0 Å². The Bertz CT molecular complexity index is 1310. The molecule has 6 rings (SSSR count). The predicted octanol–water partition coefficient (Wildman–Crippen LogP) is 4.31. The topological polar surface area (TPSA) is 73.4 Å². The van der Waals surface area contributed by atoms with Crippen LogP contribution < -0.4 is 9.80 Å². The summed E-state index contributed by atoms with van der Waals surface area (Å²) in [7, 11) is 0. The van der Waals surface area contributed by atoms with Crippen LogP contribution in [0.3, 0.4) is 0 Å². The third-order valence-electron chi connectivity index (χ3n) is 6.71. The highest BCUT2D eigenvalue weighted by atomic mass is 79.9. The number of nitrogens with zero attached hydrogens (tertiary/aromatic N) is 6. The molecule has 4 aromatic rings. The number of rotatable bonds is 5. The molecule has 10 heteroatoms. The Morgan fingerprint density at radius 3 is 2.49 bits per heavy atom. The number of piperazine rings is 1. The van der Waals surface area contributed by atoms with Gasteiger partial charge in [-0.15, -0.1) is 11.3 Å². The number of hydrogen-bond acceptors (Lipinski definition) is 8. The van der Waals surface area contributed by atoms with Gasteiger partial charge in [0.05, 0.1) is 34.1 Å². The Balaban J connectivity index is 1.21. The molecular weight excluding hydrogens is 526 g/mol. The minimum Gasteiger partial charge on any atom is -0.378 e. The predicted molar refractivity (Wildman–Crippen MR) is 144 cm³/mol. The van der Waals surface area contributed by atoms with E-state index in [1.807, 2.05) is 6.20 Å². The normalized spacial score (nSPS) is 17.4. The van der Waals surface area contributed by atoms with Crippen molar-refractivity contribution >= 4 is 49.8 Å². The molecule has 35 heavy (non-hydrogen) atoms. The summed E-state index contributed by atoms with van der Waals surface area (Å²) >= 11 is 5.48. The largest absolute Gasteiger partial charge is 0.378 e. The first-order chi connectivity index (χ1) is 17.1. The Morgan fingerprint density at radius 1 is 1.00 bits per heavy atom. The number of ether oxygens (including phenoxy) is 1. The van der Waals surface area contributed by atoms with Gasteiger partial charge >= 0.3 is 0 Å². The molecule has 182 valence electrons. The molecule has 1 aromatic carbocycles. The fourth-order valence-corrected chi connectivity index (χ4v) is 6.01. The summed E-state index contributed by atoms with van der Waals surface area (Å²) in [6, 6.07) is 8.61. The minimum absolute atomic E-state index is 0.746. The van der Waals surface area contributed by atoms with Crippen molar-refractivity contribution in [2.45, 2.75) is 13.5 Å². The molecule has 8 nitrogen and oxygen atoms in total. The molecule has 0 atom stereocenters. The smallest absolute Gasteiger partial charge is 0.180 e. The lowest BCUT2D eigenvalue weighted by Crippen LogP contribution is -2.46. The zero-order valence-electron chi connectivity index (χ0n) is 19.7. The van der Waals surface area contributed by atoms with Gasteiger partial charge in [-0.2, -0.15) is 0 Å². The van der Waals surface area contributed by atoms with E-state index in [-0.39, 0.29) is 0 Å². The van der Waals surface area contributed by atoms with E-state index in [0.717, 1.165) is 96.7 Å². The number of anilines is 2. The summed E-state index contributed by atoms with van der Waals surface area (Å²) in [6.45, 7) is 10.3. The molecule has 2 aliphatic rings. The van der Waals surface area contributed by atoms with Crippen LogP contribution in [0.15, 0.2) is 40.3 Å². The third-order valence-corrected chi connectivity index (χ3v) is 8.11. The van der Waals surface area contributed by atoms with Crippen LogP contribution in [-0.2, 0) is 11.3 Å². The van der Waals surface area contributed by atoms with E-state index in [4.69, 9.17) is 9.72 Å². The average Bonchev–Trinajstić information content (AvgIpc) is 3.51. The van der Waals surface area contributed by atoms with Gasteiger partial charge in [-0.3, -0.25) is 4.90 Å². The first kappa shape index (κ1) is 22.9. The fourth-order valence-electron chi connectivity index (χ4n) is 4.86. The van der Waals surface area contributed by atoms with Crippen LogP contribution in [0.2, 0.25) is 0 Å². The summed E-state index contributed by atoms with van der Waals surface area (Å²) in [4.78, 5) is 24.9. The van der Waals surface area contributed by atoms with Crippen LogP contribution in [-0.4, -0.2) is 77.3 Å². The van der Waals surface area contributed by atoms with Crippen molar-refractivity contribution < 1.29 is 4.74 Å². The number of aromatic nitrogens is 4. The van der Waals surface area contributed by atoms with Crippen LogP contribution in [0, 0.1) is 6.92 Å². The number of aryl methyl sites for hydroxylation is 1. The number of hydrogen-bond donors (Lipinski definition) is 1. The second-order valence-corrected chi connectivity index (χ2v) is 10.9. The maximum atomic E-state index is 5.48. The highest BCUT2D eigenvalue weighted by Gasteiger charge is 2.23. The molecule has 1 N–H and O–H groups in total. The minimum atomic E-state index is 0.746. The molecule has 0 amide bonds. The summed E-state index contributed by atoms with van der Waals surface area (Å²) in [6.07, 6.45) is 1.87. The standard InChI is InChI=1S/C25H28BrN7OS/c1-17-28-19(16-35-17)15-31-6-8-33(9-7-31)23-21(26)14-27-25-22(23)29-24(30-25)18-2-4-20(5-3-18)32-10-12-34-13-11-32/h2-5,14,16H,6-13,15H2,1H3,(H,27,29,30). The number of benzene rings is 1. The number of morpholine rings is 1. The van der Waals surface area contributed by atoms with Crippen LogP contribution in [0.4, 0.5) is 11.4 Å². The number of fused-ring (bicyclic) bond motifs is 1. The number of nitrogens with one attached hydrogen (secondary N) is 1. The van der Waals surface area contributed by atoms with E-state index >= 15 is 0 Å². The first-order valence-corrected chi connectivity index (χ1v) is 13.7. The van der Waals surface area contributed by atoms with Crippen molar-refractivity contribution in [3.63, 3.8) is 0 Å². The maximum absolute atomic E-state index is 5.48. The lowest BCUT2D eigenvalue weighted by atomic mass is 10.2. The Kier molecular flexibility index (Phi) is 6.44. The molecule has 2 saturated heterocycles. The van der Waals surface area contributed by atoms with E-state index in [1.54, 1.807) is 11.3 Å². The molecule has 0 saturated carbocycles. The second-order valence-electron chi connectivity index (χ2n) is 9.01. The molecule has 2 fully saturated rings. The van der Waals surface area contributed by atoms with Crippen molar-refractivity contribution in [2.75, 3.05) is 62.3 Å². The van der Waals surface area contributed by atoms with Gasteiger partial charge in [0, 0.05) is 68.6 Å². The van der Waals surface area contributed by atoms with E-state index in [0.29, 0.717) is 0 Å². The highest BCUT2D eigenvalue weighted by Crippen LogP contribution is 2.34. The van der Waals surface area contributed by atoms with E-state index in [9.17, 15) is 0 Å². The number of pyridine rings is 1. The first-order valence-electron chi connectivity index (χ1n) is 12.0. The molecular formula is C25H28BrN7OS. The molecule has 0 radical (unpaired) electrons. The zero-order chi connectivity index (χ0) is 23.8.